The average Bonchev–Trinajstić information content (AvgIpc) is 3.30. The van der Waals surface area contributed by atoms with Crippen LogP contribution in [-0.2, 0) is 16.7 Å². The van der Waals surface area contributed by atoms with Gasteiger partial charge in [-0.25, -0.2) is 5.06 Å². The van der Waals surface area contributed by atoms with E-state index in [1.165, 1.54) is 7.11 Å². The fraction of sp³-hybridized carbons (Fsp3) is 0.280. The number of benzene rings is 2. The van der Waals surface area contributed by atoms with Crippen LogP contribution in [0.4, 0.5) is 0 Å². The van der Waals surface area contributed by atoms with E-state index < -0.39 is 5.41 Å². The van der Waals surface area contributed by atoms with Crippen molar-refractivity contribution in [3.05, 3.63) is 76.6 Å². The van der Waals surface area contributed by atoms with Gasteiger partial charge in [-0.15, -0.1) is 0 Å². The summed E-state index contributed by atoms with van der Waals surface area (Å²) in [5.74, 6) is 1.36. The summed E-state index contributed by atoms with van der Waals surface area (Å²) >= 11 is 0. The van der Waals surface area contributed by atoms with Crippen molar-refractivity contribution in [1.29, 1.82) is 0 Å². The molecular formula is C25H27N3O5. The number of ether oxygens (including phenoxy) is 3. The molecule has 0 saturated heterocycles. The van der Waals surface area contributed by atoms with Crippen LogP contribution in [0.15, 0.2) is 48.5 Å². The molecule has 1 aromatic heterocycles. The van der Waals surface area contributed by atoms with E-state index in [4.69, 9.17) is 19.0 Å². The first-order chi connectivity index (χ1) is 16.0. The predicted molar refractivity (Wildman–Crippen MR) is 124 cm³/mol. The van der Waals surface area contributed by atoms with Crippen molar-refractivity contribution in [2.24, 2.45) is 0 Å². The lowest BCUT2D eigenvalue weighted by Gasteiger charge is -2.35. The number of carbonyl (C=O) groups excluding carboxylic acids is 1. The predicted octanol–water partition coefficient (Wildman–Crippen LogP) is 3.62. The Balaban J connectivity index is 1.90. The lowest BCUT2D eigenvalue weighted by Crippen LogP contribution is -2.31. The van der Waals surface area contributed by atoms with Crippen LogP contribution in [0, 0.1) is 0 Å². The molecule has 8 nitrogen and oxygen atoms in total. The molecule has 3 aromatic rings. The molecule has 1 amide bonds. The summed E-state index contributed by atoms with van der Waals surface area (Å²) in [6.07, 6.45) is 4.60. The minimum absolute atomic E-state index is 0.317. The Morgan fingerprint density at radius 3 is 2.24 bits per heavy atom. The van der Waals surface area contributed by atoms with E-state index in [9.17, 15) is 4.79 Å². The molecule has 0 fully saturated rings. The number of hydroxylamine groups is 2. The van der Waals surface area contributed by atoms with Gasteiger partial charge >= 0.3 is 0 Å². The molecule has 0 aliphatic heterocycles. The monoisotopic (exact) mass is 449 g/mol. The van der Waals surface area contributed by atoms with Gasteiger partial charge in [0.15, 0.2) is 17.2 Å². The van der Waals surface area contributed by atoms with Gasteiger partial charge in [-0.1, -0.05) is 42.5 Å². The fourth-order valence-electron chi connectivity index (χ4n) is 4.30. The number of methoxy groups -OCH3 is 3. The molecule has 8 heteroatoms. The second kappa shape index (κ2) is 8.99. The summed E-state index contributed by atoms with van der Waals surface area (Å²) in [6, 6.07) is 14.1. The first-order valence-electron chi connectivity index (χ1n) is 10.4. The number of rotatable bonds is 7. The highest BCUT2D eigenvalue weighted by Gasteiger charge is 2.38. The van der Waals surface area contributed by atoms with E-state index in [1.54, 1.807) is 28.4 Å². The number of nitrogens with one attached hydrogen (secondary N) is 1. The van der Waals surface area contributed by atoms with Gasteiger partial charge in [-0.2, -0.15) is 5.10 Å². The van der Waals surface area contributed by atoms with E-state index in [0.29, 0.717) is 29.4 Å². The molecule has 1 aliphatic carbocycles. The normalized spacial score (nSPS) is 16.8. The van der Waals surface area contributed by atoms with Crippen LogP contribution in [0.25, 0.3) is 6.08 Å². The lowest BCUT2D eigenvalue weighted by molar-refractivity contribution is -0.0760. The second-order valence-electron chi connectivity index (χ2n) is 7.71. The largest absolute Gasteiger partial charge is 0.493 e. The number of hydrogen-bond acceptors (Lipinski definition) is 6. The number of aromatic amines is 1. The van der Waals surface area contributed by atoms with Crippen LogP contribution >= 0.6 is 0 Å². The van der Waals surface area contributed by atoms with Crippen LogP contribution < -0.4 is 14.2 Å². The molecule has 4 rings (SSSR count). The molecule has 1 aliphatic rings. The Kier molecular flexibility index (Phi) is 6.11. The van der Waals surface area contributed by atoms with Crippen LogP contribution in [0.3, 0.4) is 0 Å². The van der Waals surface area contributed by atoms with E-state index in [1.807, 2.05) is 36.4 Å². The van der Waals surface area contributed by atoms with E-state index in [-0.39, 0.29) is 5.91 Å². The zero-order valence-electron chi connectivity index (χ0n) is 19.3. The standard InChI is InChI=1S/C25H27N3O5/c1-28(33-5)24(29)22-18-11-12-25(15-19(18)26-27-22,16-9-7-6-8-10-16)17-13-20(30-2)23(32-4)21(14-17)31-3/h6-14H,15H2,1-5H3,(H,26,27). The van der Waals surface area contributed by atoms with Crippen molar-refractivity contribution in [3.63, 3.8) is 0 Å². The van der Waals surface area contributed by atoms with Gasteiger partial charge in [0.05, 0.1) is 28.4 Å². The minimum atomic E-state index is -0.554. The number of amides is 1. The van der Waals surface area contributed by atoms with Gasteiger partial charge in [-0.05, 0) is 23.3 Å². The molecule has 0 saturated carbocycles. The average molecular weight is 450 g/mol. The van der Waals surface area contributed by atoms with Gasteiger partial charge in [0.25, 0.3) is 5.91 Å². The van der Waals surface area contributed by atoms with Gasteiger partial charge in [0.1, 0.15) is 0 Å². The minimum Gasteiger partial charge on any atom is -0.493 e. The maximum Gasteiger partial charge on any atom is 0.298 e. The zero-order chi connectivity index (χ0) is 23.6. The van der Waals surface area contributed by atoms with Crippen molar-refractivity contribution in [2.45, 2.75) is 11.8 Å². The molecule has 0 spiro atoms. The Bertz CT molecular complexity index is 1160. The van der Waals surface area contributed by atoms with Gasteiger partial charge in [0.2, 0.25) is 5.75 Å². The van der Waals surface area contributed by atoms with Crippen LogP contribution in [-0.4, -0.2) is 56.7 Å². The highest BCUT2D eigenvalue weighted by molar-refractivity contribution is 5.96. The van der Waals surface area contributed by atoms with Crippen LogP contribution in [0.2, 0.25) is 0 Å². The number of aromatic nitrogens is 2. The molecule has 172 valence electrons. The highest BCUT2D eigenvalue weighted by atomic mass is 16.7. The summed E-state index contributed by atoms with van der Waals surface area (Å²) < 4.78 is 16.8. The van der Waals surface area contributed by atoms with Crippen LogP contribution in [0.5, 0.6) is 17.2 Å². The summed E-state index contributed by atoms with van der Waals surface area (Å²) in [6.45, 7) is 0. The van der Waals surface area contributed by atoms with Gasteiger partial charge in [-0.3, -0.25) is 14.7 Å². The Labute approximate surface area is 192 Å². The van der Waals surface area contributed by atoms with Crippen molar-refractivity contribution in [1.82, 2.24) is 15.3 Å². The number of H-pyrrole nitrogens is 1. The Morgan fingerprint density at radius 2 is 1.67 bits per heavy atom. The highest BCUT2D eigenvalue weighted by Crippen LogP contribution is 2.47. The third-order valence-corrected chi connectivity index (χ3v) is 6.10. The molecule has 1 unspecified atom stereocenters. The third kappa shape index (κ3) is 3.72. The second-order valence-corrected chi connectivity index (χ2v) is 7.71. The SMILES string of the molecule is COc1cc(C2(c3ccccc3)C=Cc3c(C(=O)N(C)OC)n[nH]c3C2)cc(OC)c1OC. The summed E-state index contributed by atoms with van der Waals surface area (Å²) in [5.41, 5.74) is 3.41. The van der Waals surface area contributed by atoms with Crippen molar-refractivity contribution < 1.29 is 23.8 Å². The first-order valence-corrected chi connectivity index (χ1v) is 10.4. The number of allylic oxidation sites excluding steroid dienone is 1. The molecule has 1 atom stereocenters. The lowest BCUT2D eigenvalue weighted by atomic mass is 9.68. The number of carbonyl (C=O) groups is 1. The van der Waals surface area contributed by atoms with Crippen molar-refractivity contribution in [3.8, 4) is 17.2 Å². The molecule has 0 radical (unpaired) electrons. The Morgan fingerprint density at radius 1 is 1.00 bits per heavy atom. The Hall–Kier alpha value is -3.78. The quantitative estimate of drug-likeness (QED) is 0.555. The van der Waals surface area contributed by atoms with Gasteiger partial charge < -0.3 is 14.2 Å². The third-order valence-electron chi connectivity index (χ3n) is 6.10. The number of hydrogen-bond donors (Lipinski definition) is 1. The van der Waals surface area contributed by atoms with Crippen LogP contribution in [0.1, 0.15) is 32.9 Å². The molecule has 0 bridgehead atoms. The molecule has 2 aromatic carbocycles. The maximum absolute atomic E-state index is 12.7. The molecule has 1 N–H and O–H groups in total. The summed E-state index contributed by atoms with van der Waals surface area (Å²) in [7, 11) is 7.78. The maximum atomic E-state index is 12.7. The van der Waals surface area contributed by atoms with Crippen molar-refractivity contribution in [2.75, 3.05) is 35.5 Å². The fourth-order valence-corrected chi connectivity index (χ4v) is 4.30. The van der Waals surface area contributed by atoms with E-state index >= 15 is 0 Å². The smallest absolute Gasteiger partial charge is 0.298 e. The number of nitrogens with zero attached hydrogens (tertiary/aromatic N) is 2. The first kappa shape index (κ1) is 22.4. The topological polar surface area (TPSA) is 85.9 Å². The molecule has 1 heterocycles. The van der Waals surface area contributed by atoms with Crippen molar-refractivity contribution >= 4 is 12.0 Å². The summed E-state index contributed by atoms with van der Waals surface area (Å²) in [5, 5.41) is 8.52. The molecule has 33 heavy (non-hydrogen) atoms. The van der Waals surface area contributed by atoms with Gasteiger partial charge in [0, 0.05) is 30.1 Å². The summed E-state index contributed by atoms with van der Waals surface area (Å²) in [4.78, 5) is 17.7. The van der Waals surface area contributed by atoms with E-state index in [2.05, 4.69) is 28.4 Å². The molecular weight excluding hydrogens is 422 g/mol. The zero-order valence-corrected chi connectivity index (χ0v) is 19.3. The van der Waals surface area contributed by atoms with E-state index in [0.717, 1.165) is 27.4 Å². The number of fused-ring (bicyclic) bond motifs is 1.